The molecule has 6 heteroatoms. The molecular formula is C18H23N5O. The number of aryl methyl sites for hydroxylation is 1. The van der Waals surface area contributed by atoms with Crippen LogP contribution in [0.5, 0.6) is 0 Å². The first-order valence-corrected chi connectivity index (χ1v) is 8.33. The zero-order valence-corrected chi connectivity index (χ0v) is 14.0. The van der Waals surface area contributed by atoms with Crippen LogP contribution in [0.15, 0.2) is 42.7 Å². The number of aromatic nitrogens is 2. The monoisotopic (exact) mass is 325 g/mol. The Hall–Kier alpha value is -2.63. The van der Waals surface area contributed by atoms with Gasteiger partial charge >= 0.3 is 6.03 Å². The number of amides is 2. The largest absolute Gasteiger partial charge is 0.338 e. The molecule has 0 bridgehead atoms. The van der Waals surface area contributed by atoms with Crippen molar-refractivity contribution in [1.29, 1.82) is 0 Å². The quantitative estimate of drug-likeness (QED) is 0.932. The van der Waals surface area contributed by atoms with Gasteiger partial charge in [-0.25, -0.2) is 14.8 Å². The highest BCUT2D eigenvalue weighted by molar-refractivity contribution is 5.74. The Kier molecular flexibility index (Phi) is 5.25. The summed E-state index contributed by atoms with van der Waals surface area (Å²) in [4.78, 5) is 24.8. The molecule has 0 spiro atoms. The third kappa shape index (κ3) is 4.01. The van der Waals surface area contributed by atoms with Gasteiger partial charge in [0.15, 0.2) is 0 Å². The van der Waals surface area contributed by atoms with E-state index in [0.29, 0.717) is 19.6 Å². The van der Waals surface area contributed by atoms with Crippen molar-refractivity contribution in [2.75, 3.05) is 37.6 Å². The Balaban J connectivity index is 1.43. The Morgan fingerprint density at radius 3 is 2.50 bits per heavy atom. The Morgan fingerprint density at radius 1 is 1.08 bits per heavy atom. The first-order chi connectivity index (χ1) is 11.7. The lowest BCUT2D eigenvalue weighted by atomic mass is 10.1. The summed E-state index contributed by atoms with van der Waals surface area (Å²) in [5.74, 6) is 0.733. The van der Waals surface area contributed by atoms with E-state index in [9.17, 15) is 4.79 Å². The van der Waals surface area contributed by atoms with Gasteiger partial charge in [-0.3, -0.25) is 0 Å². The lowest BCUT2D eigenvalue weighted by Crippen LogP contribution is -2.52. The second-order valence-electron chi connectivity index (χ2n) is 5.93. The molecule has 0 saturated carbocycles. The Bertz CT molecular complexity index is 668. The summed E-state index contributed by atoms with van der Waals surface area (Å²) in [6.07, 6.45) is 4.34. The van der Waals surface area contributed by atoms with Crippen molar-refractivity contribution in [3.63, 3.8) is 0 Å². The van der Waals surface area contributed by atoms with Gasteiger partial charge < -0.3 is 15.1 Å². The maximum atomic E-state index is 12.3. The molecule has 1 fully saturated rings. The predicted octanol–water partition coefficient (Wildman–Crippen LogP) is 1.86. The van der Waals surface area contributed by atoms with Gasteiger partial charge in [0.05, 0.1) is 0 Å². The highest BCUT2D eigenvalue weighted by Gasteiger charge is 2.22. The fourth-order valence-electron chi connectivity index (χ4n) is 2.87. The molecule has 2 amide bonds. The summed E-state index contributed by atoms with van der Waals surface area (Å²) >= 11 is 0. The summed E-state index contributed by atoms with van der Waals surface area (Å²) < 4.78 is 0. The van der Waals surface area contributed by atoms with Crippen LogP contribution in [0.1, 0.15) is 11.1 Å². The minimum absolute atomic E-state index is 0.0113. The van der Waals surface area contributed by atoms with Gasteiger partial charge in [0.1, 0.15) is 0 Å². The molecule has 0 radical (unpaired) electrons. The Morgan fingerprint density at radius 2 is 1.79 bits per heavy atom. The molecule has 2 aromatic rings. The van der Waals surface area contributed by atoms with E-state index in [1.54, 1.807) is 12.4 Å². The van der Waals surface area contributed by atoms with Gasteiger partial charge in [-0.1, -0.05) is 24.3 Å². The molecule has 1 aromatic carbocycles. The number of hydrogen-bond donors (Lipinski definition) is 1. The number of benzene rings is 1. The zero-order chi connectivity index (χ0) is 16.8. The van der Waals surface area contributed by atoms with E-state index in [1.807, 2.05) is 23.1 Å². The van der Waals surface area contributed by atoms with Crippen molar-refractivity contribution < 1.29 is 4.79 Å². The number of nitrogens with one attached hydrogen (secondary N) is 1. The average Bonchev–Trinajstić information content (AvgIpc) is 2.64. The highest BCUT2D eigenvalue weighted by atomic mass is 16.2. The standard InChI is InChI=1S/C18H23N5O/c1-15-5-2-3-6-16(15)7-10-21-18(24)23-13-11-22(12-14-23)17-19-8-4-9-20-17/h2-6,8-9H,7,10-14H2,1H3,(H,21,24). The normalized spacial score (nSPS) is 14.5. The molecular weight excluding hydrogens is 302 g/mol. The van der Waals surface area contributed by atoms with Crippen LogP contribution in [0, 0.1) is 6.92 Å². The topological polar surface area (TPSA) is 61.4 Å². The zero-order valence-electron chi connectivity index (χ0n) is 14.0. The molecule has 24 heavy (non-hydrogen) atoms. The second kappa shape index (κ2) is 7.77. The third-order valence-corrected chi connectivity index (χ3v) is 4.33. The number of piperazine rings is 1. The molecule has 2 heterocycles. The van der Waals surface area contributed by atoms with E-state index in [0.717, 1.165) is 25.5 Å². The van der Waals surface area contributed by atoms with Crippen molar-refractivity contribution >= 4 is 12.0 Å². The van der Waals surface area contributed by atoms with Crippen molar-refractivity contribution in [1.82, 2.24) is 20.2 Å². The smallest absolute Gasteiger partial charge is 0.317 e. The minimum atomic E-state index is 0.0113. The predicted molar refractivity (Wildman–Crippen MR) is 94.1 cm³/mol. The number of carbonyl (C=O) groups is 1. The molecule has 1 aliphatic heterocycles. The van der Waals surface area contributed by atoms with Gasteiger partial charge in [0.2, 0.25) is 5.95 Å². The van der Waals surface area contributed by atoms with Crippen LogP contribution in [-0.4, -0.2) is 53.6 Å². The summed E-state index contributed by atoms with van der Waals surface area (Å²) in [6, 6.07) is 10.1. The number of anilines is 1. The fourth-order valence-corrected chi connectivity index (χ4v) is 2.87. The van der Waals surface area contributed by atoms with Crippen molar-refractivity contribution in [2.24, 2.45) is 0 Å². The second-order valence-corrected chi connectivity index (χ2v) is 5.93. The number of nitrogens with zero attached hydrogens (tertiary/aromatic N) is 4. The molecule has 1 N–H and O–H groups in total. The fraction of sp³-hybridized carbons (Fsp3) is 0.389. The van der Waals surface area contributed by atoms with Crippen LogP contribution < -0.4 is 10.2 Å². The highest BCUT2D eigenvalue weighted by Crippen LogP contribution is 2.10. The van der Waals surface area contributed by atoms with Gasteiger partial charge in [-0.15, -0.1) is 0 Å². The molecule has 6 nitrogen and oxygen atoms in total. The number of carbonyl (C=O) groups excluding carboxylic acids is 1. The van der Waals surface area contributed by atoms with Gasteiger partial charge in [-0.05, 0) is 30.5 Å². The number of hydrogen-bond acceptors (Lipinski definition) is 4. The summed E-state index contributed by atoms with van der Waals surface area (Å²) in [7, 11) is 0. The van der Waals surface area contributed by atoms with Crippen LogP contribution >= 0.6 is 0 Å². The van der Waals surface area contributed by atoms with E-state index in [1.165, 1.54) is 11.1 Å². The summed E-state index contributed by atoms with van der Waals surface area (Å²) in [5, 5.41) is 3.02. The lowest BCUT2D eigenvalue weighted by Gasteiger charge is -2.34. The van der Waals surface area contributed by atoms with E-state index in [4.69, 9.17) is 0 Å². The number of urea groups is 1. The SMILES string of the molecule is Cc1ccccc1CCNC(=O)N1CCN(c2ncccn2)CC1. The van der Waals surface area contributed by atoms with Crippen LogP contribution in [-0.2, 0) is 6.42 Å². The first kappa shape index (κ1) is 16.2. The lowest BCUT2D eigenvalue weighted by molar-refractivity contribution is 0.194. The van der Waals surface area contributed by atoms with Crippen LogP contribution in [0.3, 0.4) is 0 Å². The third-order valence-electron chi connectivity index (χ3n) is 4.33. The number of rotatable bonds is 4. The minimum Gasteiger partial charge on any atom is -0.338 e. The van der Waals surface area contributed by atoms with E-state index in [2.05, 4.69) is 39.2 Å². The summed E-state index contributed by atoms with van der Waals surface area (Å²) in [5.41, 5.74) is 2.55. The van der Waals surface area contributed by atoms with E-state index < -0.39 is 0 Å². The Labute approximate surface area is 142 Å². The average molecular weight is 325 g/mol. The molecule has 1 aliphatic rings. The maximum Gasteiger partial charge on any atom is 0.317 e. The molecule has 0 atom stereocenters. The van der Waals surface area contributed by atoms with Crippen molar-refractivity contribution in [2.45, 2.75) is 13.3 Å². The van der Waals surface area contributed by atoms with Crippen LogP contribution in [0.4, 0.5) is 10.7 Å². The molecule has 126 valence electrons. The van der Waals surface area contributed by atoms with Crippen LogP contribution in [0.25, 0.3) is 0 Å². The van der Waals surface area contributed by atoms with Gasteiger partial charge in [-0.2, -0.15) is 0 Å². The molecule has 0 unspecified atom stereocenters. The van der Waals surface area contributed by atoms with E-state index >= 15 is 0 Å². The first-order valence-electron chi connectivity index (χ1n) is 8.33. The van der Waals surface area contributed by atoms with E-state index in [-0.39, 0.29) is 6.03 Å². The van der Waals surface area contributed by atoms with Crippen molar-refractivity contribution in [3.8, 4) is 0 Å². The van der Waals surface area contributed by atoms with Gasteiger partial charge in [0, 0.05) is 45.1 Å². The van der Waals surface area contributed by atoms with Crippen molar-refractivity contribution in [3.05, 3.63) is 53.9 Å². The van der Waals surface area contributed by atoms with Gasteiger partial charge in [0.25, 0.3) is 0 Å². The van der Waals surface area contributed by atoms with Crippen LogP contribution in [0.2, 0.25) is 0 Å². The maximum absolute atomic E-state index is 12.3. The molecule has 1 saturated heterocycles. The molecule has 1 aromatic heterocycles. The molecule has 3 rings (SSSR count). The summed E-state index contributed by atoms with van der Waals surface area (Å²) in [6.45, 7) is 5.65. The molecule has 0 aliphatic carbocycles.